The minimum absolute atomic E-state index is 0.141. The van der Waals surface area contributed by atoms with E-state index < -0.39 is 15.3 Å². The predicted octanol–water partition coefficient (Wildman–Crippen LogP) is 2.57. The lowest BCUT2D eigenvalue weighted by Crippen LogP contribution is -2.09. The van der Waals surface area contributed by atoms with Gasteiger partial charge in [0.05, 0.1) is 0 Å². The zero-order valence-corrected chi connectivity index (χ0v) is 10.1. The number of aromatic nitrogens is 1. The fourth-order valence-corrected chi connectivity index (χ4v) is 1.93. The maximum atomic E-state index is 12.6. The molecule has 0 atom stereocenters. The molecule has 0 unspecified atom stereocenters. The number of nitrogens with zero attached hydrogens (tertiary/aromatic N) is 1. The van der Waals surface area contributed by atoms with Crippen LogP contribution < -0.4 is 0 Å². The van der Waals surface area contributed by atoms with Gasteiger partial charge in [0.25, 0.3) is 0 Å². The van der Waals surface area contributed by atoms with Gasteiger partial charge < -0.3 is 4.52 Å². The van der Waals surface area contributed by atoms with Gasteiger partial charge in [-0.25, -0.2) is 0 Å². The Balaban J connectivity index is 3.11. The van der Waals surface area contributed by atoms with Crippen molar-refractivity contribution in [2.75, 3.05) is 0 Å². The summed E-state index contributed by atoms with van der Waals surface area (Å²) < 4.78 is 38.0. The third kappa shape index (κ3) is 3.17. The number of hydrogen-bond donors (Lipinski definition) is 0. The van der Waals surface area contributed by atoms with Crippen molar-refractivity contribution in [3.8, 4) is 0 Å². The lowest BCUT2D eigenvalue weighted by Gasteiger charge is -2.15. The van der Waals surface area contributed by atoms with E-state index in [1.807, 2.05) is 20.8 Å². The first-order valence-electron chi connectivity index (χ1n) is 4.20. The van der Waals surface area contributed by atoms with Crippen molar-refractivity contribution in [2.24, 2.45) is 5.41 Å². The van der Waals surface area contributed by atoms with E-state index in [0.29, 0.717) is 6.42 Å². The molecule has 0 radical (unpaired) electrons. The summed E-state index contributed by atoms with van der Waals surface area (Å²) in [4.78, 5) is 0. The second-order valence-corrected chi connectivity index (χ2v) is 6.03. The Morgan fingerprint density at radius 1 is 1.47 bits per heavy atom. The van der Waals surface area contributed by atoms with Gasteiger partial charge >= 0.3 is 15.3 Å². The Kier molecular flexibility index (Phi) is 3.11. The van der Waals surface area contributed by atoms with E-state index in [-0.39, 0.29) is 16.1 Å². The van der Waals surface area contributed by atoms with Gasteiger partial charge in [-0.1, -0.05) is 41.4 Å². The van der Waals surface area contributed by atoms with Crippen LogP contribution in [0.1, 0.15) is 26.5 Å². The van der Waals surface area contributed by atoms with Crippen LogP contribution in [-0.4, -0.2) is 13.6 Å². The van der Waals surface area contributed by atoms with E-state index in [1.165, 1.54) is 0 Å². The van der Waals surface area contributed by atoms with E-state index in [2.05, 4.69) is 9.68 Å². The first kappa shape index (κ1) is 12.4. The molecule has 1 aromatic heterocycles. The number of halogens is 2. The Morgan fingerprint density at radius 3 is 2.33 bits per heavy atom. The molecule has 0 fully saturated rings. The second kappa shape index (κ2) is 3.75. The van der Waals surface area contributed by atoms with Gasteiger partial charge in [0.15, 0.2) is 0 Å². The van der Waals surface area contributed by atoms with Crippen LogP contribution in [0.3, 0.4) is 0 Å². The molecule has 0 aliphatic rings. The lowest BCUT2D eigenvalue weighted by molar-refractivity contribution is 0.319. The molecule has 4 nitrogen and oxygen atoms in total. The van der Waals surface area contributed by atoms with E-state index in [4.69, 9.17) is 11.6 Å². The van der Waals surface area contributed by atoms with Gasteiger partial charge in [0.2, 0.25) is 0 Å². The molecular formula is C8H11ClFNO3S. The highest BCUT2D eigenvalue weighted by Crippen LogP contribution is 2.30. The third-order valence-corrected chi connectivity index (χ3v) is 2.81. The summed E-state index contributed by atoms with van der Waals surface area (Å²) in [6.07, 6.45) is 0.408. The van der Waals surface area contributed by atoms with Crippen molar-refractivity contribution in [1.82, 2.24) is 5.16 Å². The molecule has 7 heteroatoms. The normalized spacial score (nSPS) is 13.1. The highest BCUT2D eigenvalue weighted by atomic mass is 35.5. The summed E-state index contributed by atoms with van der Waals surface area (Å²) in [6, 6.07) is 0. The molecule has 0 aliphatic heterocycles. The van der Waals surface area contributed by atoms with E-state index in [9.17, 15) is 12.3 Å². The van der Waals surface area contributed by atoms with Gasteiger partial charge in [0.1, 0.15) is 10.7 Å². The molecule has 0 aliphatic carbocycles. The largest absolute Gasteiger partial charge is 0.370 e. The molecule has 1 aromatic rings. The van der Waals surface area contributed by atoms with Crippen LogP contribution in [0.2, 0.25) is 5.02 Å². The predicted molar refractivity (Wildman–Crippen MR) is 53.0 cm³/mol. The minimum atomic E-state index is -4.93. The fraction of sp³-hybridized carbons (Fsp3) is 0.625. The van der Waals surface area contributed by atoms with E-state index in [0.717, 1.165) is 0 Å². The maximum Gasteiger partial charge on any atom is 0.370 e. The summed E-state index contributed by atoms with van der Waals surface area (Å²) in [5.74, 6) is 0. The average Bonchev–Trinajstić information content (AvgIpc) is 2.27. The fourth-order valence-electron chi connectivity index (χ4n) is 1.06. The highest BCUT2D eigenvalue weighted by molar-refractivity contribution is 7.86. The van der Waals surface area contributed by atoms with Crippen molar-refractivity contribution in [2.45, 2.75) is 32.3 Å². The molecule has 1 heterocycles. The summed E-state index contributed by atoms with van der Waals surface area (Å²) in [7, 11) is -4.93. The van der Waals surface area contributed by atoms with Crippen LogP contribution in [0.15, 0.2) is 9.62 Å². The first-order valence-corrected chi connectivity index (χ1v) is 5.96. The molecule has 0 bridgehead atoms. The standard InChI is InChI=1S/C8H11ClFNO3S/c1-8(2,3)4-5-6(9)7(14-11-5)15(10,12)13/h4H2,1-3H3. The summed E-state index contributed by atoms with van der Waals surface area (Å²) in [5.41, 5.74) is 0.109. The average molecular weight is 256 g/mol. The number of rotatable bonds is 2. The van der Waals surface area contributed by atoms with Crippen LogP contribution in [0, 0.1) is 5.41 Å². The molecule has 0 saturated carbocycles. The Labute approximate surface area is 92.6 Å². The van der Waals surface area contributed by atoms with Gasteiger partial charge in [0, 0.05) is 0 Å². The number of hydrogen-bond acceptors (Lipinski definition) is 4. The van der Waals surface area contributed by atoms with Crippen LogP contribution >= 0.6 is 11.6 Å². The molecule has 15 heavy (non-hydrogen) atoms. The topological polar surface area (TPSA) is 60.2 Å². The van der Waals surface area contributed by atoms with Crippen molar-refractivity contribution in [3.05, 3.63) is 10.7 Å². The Morgan fingerprint density at radius 2 is 2.00 bits per heavy atom. The SMILES string of the molecule is CC(C)(C)Cc1noc(S(=O)(=O)F)c1Cl. The molecule has 0 amide bonds. The van der Waals surface area contributed by atoms with Gasteiger partial charge in [-0.15, -0.1) is 0 Å². The first-order chi connectivity index (χ1) is 6.61. The van der Waals surface area contributed by atoms with Crippen LogP contribution in [0.5, 0.6) is 0 Å². The van der Waals surface area contributed by atoms with Gasteiger partial charge in [-0.3, -0.25) is 0 Å². The molecule has 0 N–H and O–H groups in total. The van der Waals surface area contributed by atoms with E-state index >= 15 is 0 Å². The lowest BCUT2D eigenvalue weighted by atomic mass is 9.91. The van der Waals surface area contributed by atoms with E-state index in [1.54, 1.807) is 0 Å². The summed E-state index contributed by atoms with van der Waals surface area (Å²) in [5, 5.41) is 2.26. The zero-order valence-electron chi connectivity index (χ0n) is 8.54. The molecule has 0 spiro atoms. The minimum Gasteiger partial charge on any atom is -0.340 e. The Hall–Kier alpha value is -0.620. The van der Waals surface area contributed by atoms with Crippen LogP contribution in [0.25, 0.3) is 0 Å². The Bertz CT molecular complexity index is 461. The summed E-state index contributed by atoms with van der Waals surface area (Å²) in [6.45, 7) is 5.75. The maximum absolute atomic E-state index is 12.6. The third-order valence-electron chi connectivity index (χ3n) is 1.59. The smallest absolute Gasteiger partial charge is 0.340 e. The summed E-state index contributed by atoms with van der Waals surface area (Å²) >= 11 is 5.64. The monoisotopic (exact) mass is 255 g/mol. The van der Waals surface area contributed by atoms with Crippen LogP contribution in [-0.2, 0) is 16.6 Å². The molecule has 0 saturated heterocycles. The highest BCUT2D eigenvalue weighted by Gasteiger charge is 2.28. The molecule has 86 valence electrons. The molecule has 0 aromatic carbocycles. The second-order valence-electron chi connectivity index (χ2n) is 4.41. The quantitative estimate of drug-likeness (QED) is 0.762. The van der Waals surface area contributed by atoms with Gasteiger partial charge in [-0.2, -0.15) is 8.42 Å². The van der Waals surface area contributed by atoms with Crippen molar-refractivity contribution >= 4 is 21.8 Å². The van der Waals surface area contributed by atoms with Crippen molar-refractivity contribution in [3.63, 3.8) is 0 Å². The molecular weight excluding hydrogens is 245 g/mol. The van der Waals surface area contributed by atoms with Gasteiger partial charge in [-0.05, 0) is 11.8 Å². The van der Waals surface area contributed by atoms with Crippen LogP contribution in [0.4, 0.5) is 3.89 Å². The zero-order chi connectivity index (χ0) is 11.9. The van der Waals surface area contributed by atoms with Crippen molar-refractivity contribution in [1.29, 1.82) is 0 Å². The van der Waals surface area contributed by atoms with Crippen molar-refractivity contribution < 1.29 is 16.8 Å². The molecule has 1 rings (SSSR count).